The van der Waals surface area contributed by atoms with Crippen LogP contribution in [0.15, 0.2) is 12.5 Å². The predicted octanol–water partition coefficient (Wildman–Crippen LogP) is 0.958. The summed E-state index contributed by atoms with van der Waals surface area (Å²) in [7, 11) is 0. The number of aliphatic hydroxyl groups excluding tert-OH is 1. The fourth-order valence-corrected chi connectivity index (χ4v) is 1.97. The summed E-state index contributed by atoms with van der Waals surface area (Å²) in [6.45, 7) is 3.24. The molecule has 4 nitrogen and oxygen atoms in total. The fourth-order valence-electron chi connectivity index (χ4n) is 1.97. The Balaban J connectivity index is 2.30. The maximum absolute atomic E-state index is 9.16. The van der Waals surface area contributed by atoms with Crippen LogP contribution in [0, 0.1) is 0 Å². The smallest absolute Gasteiger partial charge is 0.137 e. The van der Waals surface area contributed by atoms with E-state index in [0.29, 0.717) is 6.04 Å². The van der Waals surface area contributed by atoms with E-state index in [1.165, 1.54) is 12.8 Å². The third-order valence-corrected chi connectivity index (χ3v) is 2.76. The lowest BCUT2D eigenvalue weighted by atomic mass is 10.2. The van der Waals surface area contributed by atoms with Gasteiger partial charge < -0.3 is 10.0 Å². The van der Waals surface area contributed by atoms with Crippen LogP contribution >= 0.6 is 0 Å². The van der Waals surface area contributed by atoms with E-state index in [4.69, 9.17) is 5.11 Å². The maximum atomic E-state index is 9.16. The first-order chi connectivity index (χ1) is 6.83. The minimum Gasteiger partial charge on any atom is -0.391 e. The molecule has 1 fully saturated rings. The molecular weight excluding hydrogens is 178 g/mol. The first-order valence-electron chi connectivity index (χ1n) is 4.99. The highest BCUT2D eigenvalue weighted by atomic mass is 16.3. The van der Waals surface area contributed by atoms with E-state index in [1.54, 1.807) is 12.5 Å². The molecule has 0 amide bonds. The first-order valence-corrected chi connectivity index (χ1v) is 4.99. The van der Waals surface area contributed by atoms with Crippen molar-refractivity contribution in [3.05, 3.63) is 18.1 Å². The van der Waals surface area contributed by atoms with E-state index in [0.717, 1.165) is 17.9 Å². The van der Waals surface area contributed by atoms with Crippen LogP contribution in [-0.2, 0) is 6.61 Å². The van der Waals surface area contributed by atoms with Crippen molar-refractivity contribution in [3.63, 3.8) is 0 Å². The summed E-state index contributed by atoms with van der Waals surface area (Å²) >= 11 is 0. The zero-order valence-corrected chi connectivity index (χ0v) is 8.35. The van der Waals surface area contributed by atoms with Gasteiger partial charge >= 0.3 is 0 Å². The Labute approximate surface area is 83.6 Å². The summed E-state index contributed by atoms with van der Waals surface area (Å²) < 4.78 is 0. The molecule has 1 saturated heterocycles. The molecule has 0 saturated carbocycles. The molecule has 0 bridgehead atoms. The van der Waals surface area contributed by atoms with Crippen molar-refractivity contribution < 1.29 is 5.11 Å². The first kappa shape index (κ1) is 9.40. The van der Waals surface area contributed by atoms with E-state index in [-0.39, 0.29) is 6.61 Å². The topological polar surface area (TPSA) is 49.2 Å². The molecule has 0 radical (unpaired) electrons. The summed E-state index contributed by atoms with van der Waals surface area (Å²) in [4.78, 5) is 10.4. The molecule has 1 aromatic heterocycles. The van der Waals surface area contributed by atoms with Crippen molar-refractivity contribution in [1.29, 1.82) is 0 Å². The highest BCUT2D eigenvalue weighted by Gasteiger charge is 2.23. The van der Waals surface area contributed by atoms with Crippen LogP contribution in [0.2, 0.25) is 0 Å². The number of aliphatic hydroxyl groups is 1. The van der Waals surface area contributed by atoms with E-state index >= 15 is 0 Å². The van der Waals surface area contributed by atoms with Gasteiger partial charge in [0.25, 0.3) is 0 Å². The minimum absolute atomic E-state index is 0.0133. The van der Waals surface area contributed by atoms with Crippen LogP contribution in [0.1, 0.15) is 25.3 Å². The SMILES string of the molecule is CC1CCCN1c1ncncc1CO. The van der Waals surface area contributed by atoms with Crippen LogP contribution in [0.4, 0.5) is 5.82 Å². The molecule has 0 aromatic carbocycles. The molecule has 1 aliphatic heterocycles. The molecule has 4 heteroatoms. The molecule has 1 unspecified atom stereocenters. The van der Waals surface area contributed by atoms with Crippen molar-refractivity contribution in [2.24, 2.45) is 0 Å². The second kappa shape index (κ2) is 3.92. The van der Waals surface area contributed by atoms with Crippen molar-refractivity contribution >= 4 is 5.82 Å². The Morgan fingerprint density at radius 1 is 1.64 bits per heavy atom. The van der Waals surface area contributed by atoms with E-state index < -0.39 is 0 Å². The van der Waals surface area contributed by atoms with Crippen molar-refractivity contribution in [1.82, 2.24) is 9.97 Å². The second-order valence-corrected chi connectivity index (χ2v) is 3.71. The van der Waals surface area contributed by atoms with Gasteiger partial charge in [0.15, 0.2) is 0 Å². The summed E-state index contributed by atoms with van der Waals surface area (Å²) in [5.41, 5.74) is 0.821. The number of nitrogens with zero attached hydrogens (tertiary/aromatic N) is 3. The van der Waals surface area contributed by atoms with Crippen molar-refractivity contribution in [2.45, 2.75) is 32.4 Å². The summed E-state index contributed by atoms with van der Waals surface area (Å²) in [5, 5.41) is 9.16. The second-order valence-electron chi connectivity index (χ2n) is 3.71. The van der Waals surface area contributed by atoms with Gasteiger partial charge in [0.2, 0.25) is 0 Å². The number of aromatic nitrogens is 2. The standard InChI is InChI=1S/C10H15N3O/c1-8-3-2-4-13(8)10-9(6-14)5-11-7-12-10/h5,7-8,14H,2-4,6H2,1H3. The van der Waals surface area contributed by atoms with E-state index in [9.17, 15) is 0 Å². The number of hydrogen-bond donors (Lipinski definition) is 1. The van der Waals surface area contributed by atoms with Gasteiger partial charge in [-0.3, -0.25) is 0 Å². The fraction of sp³-hybridized carbons (Fsp3) is 0.600. The highest BCUT2D eigenvalue weighted by Crippen LogP contribution is 2.25. The van der Waals surface area contributed by atoms with Gasteiger partial charge in [0.1, 0.15) is 12.1 Å². The van der Waals surface area contributed by atoms with Crippen molar-refractivity contribution in [2.75, 3.05) is 11.4 Å². The largest absolute Gasteiger partial charge is 0.391 e. The highest BCUT2D eigenvalue weighted by molar-refractivity contribution is 5.46. The lowest BCUT2D eigenvalue weighted by Crippen LogP contribution is -2.28. The van der Waals surface area contributed by atoms with Gasteiger partial charge in [0.05, 0.1) is 6.61 Å². The van der Waals surface area contributed by atoms with E-state index in [1.807, 2.05) is 0 Å². The van der Waals surface area contributed by atoms with Gasteiger partial charge in [-0.2, -0.15) is 0 Å². The third kappa shape index (κ3) is 1.57. The molecular formula is C10H15N3O. The molecule has 2 heterocycles. The molecule has 1 N–H and O–H groups in total. The molecule has 76 valence electrons. The van der Waals surface area contributed by atoms with Gasteiger partial charge in [-0.15, -0.1) is 0 Å². The molecule has 2 rings (SSSR count). The summed E-state index contributed by atoms with van der Waals surface area (Å²) in [6, 6.07) is 0.523. The zero-order chi connectivity index (χ0) is 9.97. The molecule has 0 aliphatic carbocycles. The quantitative estimate of drug-likeness (QED) is 0.760. The molecule has 1 aliphatic rings. The van der Waals surface area contributed by atoms with Crippen LogP contribution in [0.5, 0.6) is 0 Å². The zero-order valence-electron chi connectivity index (χ0n) is 8.35. The number of hydrogen-bond acceptors (Lipinski definition) is 4. The summed E-state index contributed by atoms with van der Waals surface area (Å²) in [5.74, 6) is 0.896. The number of anilines is 1. The van der Waals surface area contributed by atoms with Gasteiger partial charge in [0, 0.05) is 24.3 Å². The maximum Gasteiger partial charge on any atom is 0.137 e. The molecule has 0 spiro atoms. The molecule has 1 aromatic rings. The Morgan fingerprint density at radius 3 is 3.14 bits per heavy atom. The minimum atomic E-state index is 0.0133. The van der Waals surface area contributed by atoms with Gasteiger partial charge in [-0.1, -0.05) is 0 Å². The average molecular weight is 193 g/mol. The van der Waals surface area contributed by atoms with Crippen LogP contribution in [-0.4, -0.2) is 27.7 Å². The van der Waals surface area contributed by atoms with Crippen LogP contribution in [0.3, 0.4) is 0 Å². The lowest BCUT2D eigenvalue weighted by molar-refractivity contribution is 0.281. The monoisotopic (exact) mass is 193 g/mol. The third-order valence-electron chi connectivity index (χ3n) is 2.76. The van der Waals surface area contributed by atoms with E-state index in [2.05, 4.69) is 21.8 Å². The Hall–Kier alpha value is -1.16. The predicted molar refractivity (Wildman–Crippen MR) is 54.0 cm³/mol. The molecule has 14 heavy (non-hydrogen) atoms. The van der Waals surface area contributed by atoms with Crippen LogP contribution < -0.4 is 4.90 Å². The Bertz CT molecular complexity index is 316. The van der Waals surface area contributed by atoms with Crippen LogP contribution in [0.25, 0.3) is 0 Å². The lowest BCUT2D eigenvalue weighted by Gasteiger charge is -2.23. The Morgan fingerprint density at radius 2 is 2.50 bits per heavy atom. The summed E-state index contributed by atoms with van der Waals surface area (Å²) in [6.07, 6.45) is 5.64. The van der Waals surface area contributed by atoms with Crippen molar-refractivity contribution in [3.8, 4) is 0 Å². The normalized spacial score (nSPS) is 21.6. The number of rotatable bonds is 2. The molecule has 1 atom stereocenters. The van der Waals surface area contributed by atoms with Gasteiger partial charge in [-0.05, 0) is 19.8 Å². The van der Waals surface area contributed by atoms with Gasteiger partial charge in [-0.25, -0.2) is 9.97 Å². The Kier molecular flexibility index (Phi) is 2.63. The average Bonchev–Trinajstić information content (AvgIpc) is 2.64.